The van der Waals surface area contributed by atoms with Crippen LogP contribution in [-0.4, -0.2) is 60.6 Å². The number of ether oxygens (including phenoxy) is 2. The fourth-order valence-electron chi connectivity index (χ4n) is 3.31. The van der Waals surface area contributed by atoms with Gasteiger partial charge in [-0.1, -0.05) is 34.3 Å². The third-order valence-corrected chi connectivity index (χ3v) is 6.97. The quantitative estimate of drug-likeness (QED) is 0.199. The topological polar surface area (TPSA) is 87.3 Å². The smallest absolute Gasteiger partial charge is 0.410 e. The van der Waals surface area contributed by atoms with Crippen molar-refractivity contribution < 1.29 is 14.3 Å². The highest BCUT2D eigenvalue weighted by molar-refractivity contribution is 14.2. The van der Waals surface area contributed by atoms with Gasteiger partial charge in [-0.15, -0.1) is 0 Å². The van der Waals surface area contributed by atoms with Gasteiger partial charge in [0.25, 0.3) is 0 Å². The molecular formula is C26H42IN6O3P. The van der Waals surface area contributed by atoms with E-state index in [0.717, 1.165) is 33.5 Å². The van der Waals surface area contributed by atoms with Crippen molar-refractivity contribution >= 4 is 51.5 Å². The van der Waals surface area contributed by atoms with E-state index < -0.39 is 11.7 Å². The normalized spacial score (nSPS) is 11.9. The number of amides is 1. The molecule has 0 aliphatic heterocycles. The van der Waals surface area contributed by atoms with E-state index in [1.807, 2.05) is 86.1 Å². The summed E-state index contributed by atoms with van der Waals surface area (Å²) in [6.07, 6.45) is 3.65. The van der Waals surface area contributed by atoms with Crippen molar-refractivity contribution in [2.24, 2.45) is 7.05 Å². The fraction of sp³-hybridized carbons (Fsp3) is 0.538. The molecule has 3 aromatic rings. The molecule has 2 unspecified atom stereocenters. The number of rotatable bonds is 7. The molecule has 206 valence electrons. The van der Waals surface area contributed by atoms with Gasteiger partial charge in [0.15, 0.2) is 0 Å². The summed E-state index contributed by atoms with van der Waals surface area (Å²) in [5, 5.41) is 10.1. The van der Waals surface area contributed by atoms with Crippen LogP contribution in [0.1, 0.15) is 66.8 Å². The van der Waals surface area contributed by atoms with Gasteiger partial charge < -0.3 is 14.4 Å². The van der Waals surface area contributed by atoms with Crippen molar-refractivity contribution in [1.29, 1.82) is 0 Å². The number of hydrogen-bond acceptors (Lipinski definition) is 6. The van der Waals surface area contributed by atoms with Crippen LogP contribution in [0.25, 0.3) is 28.2 Å². The molecular weight excluding hydrogens is 602 g/mol. The molecule has 0 aliphatic carbocycles. The monoisotopic (exact) mass is 644 g/mol. The molecule has 0 radical (unpaired) electrons. The second-order valence-corrected chi connectivity index (χ2v) is 10.9. The Morgan fingerprint density at radius 1 is 1.27 bits per heavy atom. The van der Waals surface area contributed by atoms with Crippen LogP contribution in [0.5, 0.6) is 5.88 Å². The minimum Gasteiger partial charge on any atom is -0.475 e. The maximum atomic E-state index is 12.4. The van der Waals surface area contributed by atoms with Gasteiger partial charge in [-0.05, 0) is 68.8 Å². The SMILES string of the molecule is C=Cc1nn(PI)c2cnc(-c3c(C)nn(C)c3OCC(C)N(C)C(=O)OC(C)(C)C)cc12.CC.CC. The maximum absolute atomic E-state index is 12.4. The van der Waals surface area contributed by atoms with E-state index in [9.17, 15) is 4.79 Å². The molecule has 37 heavy (non-hydrogen) atoms. The molecule has 0 bridgehead atoms. The summed E-state index contributed by atoms with van der Waals surface area (Å²) in [4.78, 5) is 18.6. The van der Waals surface area contributed by atoms with Gasteiger partial charge in [0.05, 0.1) is 46.8 Å². The second kappa shape index (κ2) is 14.7. The zero-order valence-corrected chi connectivity index (χ0v) is 27.2. The Morgan fingerprint density at radius 2 is 1.89 bits per heavy atom. The summed E-state index contributed by atoms with van der Waals surface area (Å²) in [7, 11) is 3.53. The number of fused-ring (bicyclic) bond motifs is 1. The third-order valence-electron chi connectivity index (χ3n) is 5.10. The number of halogens is 1. The molecule has 9 nitrogen and oxygen atoms in total. The minimum atomic E-state index is -0.557. The lowest BCUT2D eigenvalue weighted by molar-refractivity contribution is 0.0192. The van der Waals surface area contributed by atoms with Crippen molar-refractivity contribution in [3.8, 4) is 17.1 Å². The maximum Gasteiger partial charge on any atom is 0.410 e. The third kappa shape index (κ3) is 8.14. The van der Waals surface area contributed by atoms with Crippen LogP contribution >= 0.6 is 28.4 Å². The number of nitrogens with zero attached hydrogens (tertiary/aromatic N) is 6. The van der Waals surface area contributed by atoms with Gasteiger partial charge in [0, 0.05) is 19.5 Å². The molecule has 0 spiro atoms. The van der Waals surface area contributed by atoms with Crippen molar-refractivity contribution in [3.63, 3.8) is 0 Å². The van der Waals surface area contributed by atoms with Crippen LogP contribution in [0.4, 0.5) is 4.79 Å². The van der Waals surface area contributed by atoms with E-state index >= 15 is 0 Å². The van der Waals surface area contributed by atoms with Crippen LogP contribution in [0.3, 0.4) is 0 Å². The van der Waals surface area contributed by atoms with Gasteiger partial charge in [-0.3, -0.25) is 4.98 Å². The van der Waals surface area contributed by atoms with Gasteiger partial charge in [0.2, 0.25) is 5.88 Å². The average Bonchev–Trinajstić information content (AvgIpc) is 3.38. The first-order valence-electron chi connectivity index (χ1n) is 12.5. The van der Waals surface area contributed by atoms with E-state index in [2.05, 4.69) is 43.8 Å². The lowest BCUT2D eigenvalue weighted by Crippen LogP contribution is -2.42. The Bertz CT molecular complexity index is 1190. The second-order valence-electron chi connectivity index (χ2n) is 8.81. The van der Waals surface area contributed by atoms with Crippen LogP contribution in [-0.2, 0) is 11.8 Å². The molecule has 11 heteroatoms. The first-order valence-corrected chi connectivity index (χ1v) is 16.5. The number of pyridine rings is 1. The summed E-state index contributed by atoms with van der Waals surface area (Å²) in [6.45, 7) is 21.5. The van der Waals surface area contributed by atoms with Crippen molar-refractivity contribution in [1.82, 2.24) is 29.2 Å². The molecule has 1 amide bonds. The molecule has 3 aromatic heterocycles. The zero-order chi connectivity index (χ0) is 28.5. The molecule has 0 fully saturated rings. The predicted octanol–water partition coefficient (Wildman–Crippen LogP) is 7.26. The van der Waals surface area contributed by atoms with Crippen LogP contribution in [0.15, 0.2) is 18.8 Å². The van der Waals surface area contributed by atoms with Gasteiger partial charge >= 0.3 is 6.09 Å². The zero-order valence-electron chi connectivity index (χ0n) is 24.0. The average molecular weight is 645 g/mol. The Labute approximate surface area is 236 Å². The summed E-state index contributed by atoms with van der Waals surface area (Å²) in [5.74, 6) is 0.590. The Kier molecular flexibility index (Phi) is 13.0. The Balaban J connectivity index is 0.00000163. The number of carbonyl (C=O) groups is 1. The number of aromatic nitrogens is 5. The molecule has 3 heterocycles. The van der Waals surface area contributed by atoms with E-state index in [1.165, 1.54) is 4.90 Å². The van der Waals surface area contributed by atoms with Gasteiger partial charge in [-0.25, -0.2) is 13.9 Å². The van der Waals surface area contributed by atoms with Crippen molar-refractivity contribution in [3.05, 3.63) is 30.2 Å². The standard InChI is InChI=1S/C22H30IN6O3P.2C2H6/c1-9-16-15-10-17(24-11-18(15)29(26-16)33-23)19-14(3)25-28(8)20(19)31-12-13(2)27(7)21(30)32-22(4,5)6;2*1-2/h9-11,13,33H,1,12H2,2-8H3;2*1-2H3. The predicted molar refractivity (Wildman–Crippen MR) is 164 cm³/mol. The Morgan fingerprint density at radius 3 is 2.43 bits per heavy atom. The highest BCUT2D eigenvalue weighted by Gasteiger charge is 2.25. The summed E-state index contributed by atoms with van der Waals surface area (Å²) < 4.78 is 15.2. The molecule has 0 saturated carbocycles. The van der Waals surface area contributed by atoms with Gasteiger partial charge in [-0.2, -0.15) is 10.2 Å². The molecule has 0 N–H and O–H groups in total. The lowest BCUT2D eigenvalue weighted by Gasteiger charge is -2.28. The van der Waals surface area contributed by atoms with Crippen LogP contribution in [0, 0.1) is 6.92 Å². The van der Waals surface area contributed by atoms with E-state index in [-0.39, 0.29) is 12.6 Å². The highest BCUT2D eigenvalue weighted by atomic mass is 127. The van der Waals surface area contributed by atoms with E-state index in [0.29, 0.717) is 12.3 Å². The van der Waals surface area contributed by atoms with Crippen molar-refractivity contribution in [2.45, 2.75) is 74.0 Å². The highest BCUT2D eigenvalue weighted by Crippen LogP contribution is 2.36. The Hall–Kier alpha value is -2.20. The van der Waals surface area contributed by atoms with E-state index in [4.69, 9.17) is 9.47 Å². The summed E-state index contributed by atoms with van der Waals surface area (Å²) >= 11 is 2.29. The molecule has 2 atom stereocenters. The summed E-state index contributed by atoms with van der Waals surface area (Å²) in [6, 6.07) is 1.79. The van der Waals surface area contributed by atoms with E-state index in [1.54, 1.807) is 17.8 Å². The molecule has 3 rings (SSSR count). The first kappa shape index (κ1) is 32.8. The van der Waals surface area contributed by atoms with Crippen LogP contribution in [0.2, 0.25) is 0 Å². The number of carbonyl (C=O) groups excluding carboxylic acids is 1. The van der Waals surface area contributed by atoms with Gasteiger partial charge in [0.1, 0.15) is 12.2 Å². The summed E-state index contributed by atoms with van der Waals surface area (Å²) in [5.41, 5.74) is 3.57. The van der Waals surface area contributed by atoms with Crippen LogP contribution < -0.4 is 4.74 Å². The lowest BCUT2D eigenvalue weighted by atomic mass is 10.1. The number of hydrogen-bond donors (Lipinski definition) is 0. The molecule has 0 aliphatic rings. The first-order chi connectivity index (χ1) is 17.5. The van der Waals surface area contributed by atoms with Crippen molar-refractivity contribution in [2.75, 3.05) is 13.7 Å². The molecule has 0 saturated heterocycles. The fourth-order valence-corrected chi connectivity index (χ4v) is 4.83. The number of aryl methyl sites for hydroxylation is 2. The largest absolute Gasteiger partial charge is 0.475 e. The minimum absolute atomic E-state index is 0.214. The molecule has 0 aromatic carbocycles. The number of likely N-dealkylation sites (N-methyl/N-ethyl adjacent to an activating group) is 1.